The van der Waals surface area contributed by atoms with Crippen LogP contribution in [0.4, 0.5) is 10.5 Å². The van der Waals surface area contributed by atoms with Crippen molar-refractivity contribution in [3.05, 3.63) is 89.6 Å². The topological polar surface area (TPSA) is 141 Å². The van der Waals surface area contributed by atoms with Gasteiger partial charge in [-0.05, 0) is 71.9 Å². The fourth-order valence-corrected chi connectivity index (χ4v) is 5.93. The highest BCUT2D eigenvalue weighted by atomic mass is 16.6. The van der Waals surface area contributed by atoms with Gasteiger partial charge in [0.15, 0.2) is 0 Å². The van der Waals surface area contributed by atoms with Gasteiger partial charge in [-0.15, -0.1) is 0 Å². The van der Waals surface area contributed by atoms with Crippen molar-refractivity contribution in [2.45, 2.75) is 71.9 Å². The first kappa shape index (κ1) is 33.6. The number of aromatic nitrogens is 1. The summed E-state index contributed by atoms with van der Waals surface area (Å²) in [6.07, 6.45) is -1.42. The van der Waals surface area contributed by atoms with Crippen molar-refractivity contribution in [1.29, 1.82) is 10.5 Å². The third kappa shape index (κ3) is 6.40. The Hall–Kier alpha value is -5.81. The SMILES string of the molecule is CCN(C(=O)OC(C)(C)C)[C@@H](C)C(=O)N[C@@H]1C(=O)N(Cc2c(C#N)n(-c3ccccc3C#N)c3ccccc23)c2ccccc2O[C@H]1C. The molecule has 246 valence electrons. The Kier molecular flexibility index (Phi) is 9.44. The number of ether oxygens (including phenoxy) is 2. The van der Waals surface area contributed by atoms with Gasteiger partial charge in [-0.25, -0.2) is 4.79 Å². The van der Waals surface area contributed by atoms with Crippen LogP contribution in [0.25, 0.3) is 16.6 Å². The Morgan fingerprint density at radius 2 is 1.65 bits per heavy atom. The minimum atomic E-state index is -1.14. The van der Waals surface area contributed by atoms with Crippen molar-refractivity contribution in [2.75, 3.05) is 11.4 Å². The summed E-state index contributed by atoms with van der Waals surface area (Å²) in [5.74, 6) is -0.569. The minimum absolute atomic E-state index is 0.0298. The summed E-state index contributed by atoms with van der Waals surface area (Å²) < 4.78 is 13.5. The molecule has 1 N–H and O–H groups in total. The van der Waals surface area contributed by atoms with Crippen molar-refractivity contribution in [2.24, 2.45) is 0 Å². The Morgan fingerprint density at radius 3 is 2.31 bits per heavy atom. The number of hydrogen-bond donors (Lipinski definition) is 1. The van der Waals surface area contributed by atoms with E-state index in [0.29, 0.717) is 33.8 Å². The first-order valence-electron chi connectivity index (χ1n) is 15.8. The van der Waals surface area contributed by atoms with Gasteiger partial charge in [0.2, 0.25) is 5.91 Å². The highest BCUT2D eigenvalue weighted by Crippen LogP contribution is 2.37. The van der Waals surface area contributed by atoms with Crippen LogP contribution in [0.1, 0.15) is 58.4 Å². The van der Waals surface area contributed by atoms with Crippen molar-refractivity contribution in [3.8, 4) is 23.6 Å². The third-order valence-corrected chi connectivity index (χ3v) is 8.25. The number of carbonyl (C=O) groups excluding carboxylic acids is 3. The number of hydrogen-bond acceptors (Lipinski definition) is 7. The maximum atomic E-state index is 14.5. The Labute approximate surface area is 279 Å². The lowest BCUT2D eigenvalue weighted by molar-refractivity contribution is -0.132. The predicted molar refractivity (Wildman–Crippen MR) is 180 cm³/mol. The molecule has 0 spiro atoms. The van der Waals surface area contributed by atoms with Gasteiger partial charge in [-0.2, -0.15) is 10.5 Å². The normalized spacial score (nSPS) is 16.5. The summed E-state index contributed by atoms with van der Waals surface area (Å²) in [7, 11) is 0. The molecule has 0 radical (unpaired) electrons. The molecule has 0 saturated heterocycles. The summed E-state index contributed by atoms with van der Waals surface area (Å²) >= 11 is 0. The van der Waals surface area contributed by atoms with E-state index in [-0.39, 0.29) is 18.8 Å². The summed E-state index contributed by atoms with van der Waals surface area (Å²) in [6, 6.07) is 24.0. The Bertz CT molecular complexity index is 1960. The van der Waals surface area contributed by atoms with Crippen LogP contribution < -0.4 is 15.0 Å². The number of nitrogens with one attached hydrogen (secondary N) is 1. The fourth-order valence-electron chi connectivity index (χ4n) is 5.93. The third-order valence-electron chi connectivity index (χ3n) is 8.25. The number of rotatable bonds is 7. The second-order valence-electron chi connectivity index (χ2n) is 12.6. The number of fused-ring (bicyclic) bond motifs is 2. The van der Waals surface area contributed by atoms with Crippen LogP contribution >= 0.6 is 0 Å². The molecule has 1 aliphatic heterocycles. The van der Waals surface area contributed by atoms with E-state index in [4.69, 9.17) is 9.47 Å². The Morgan fingerprint density at radius 1 is 1.00 bits per heavy atom. The van der Waals surface area contributed by atoms with Crippen LogP contribution in [0.5, 0.6) is 5.75 Å². The van der Waals surface area contributed by atoms with Crippen LogP contribution in [0.15, 0.2) is 72.8 Å². The molecule has 4 aromatic rings. The van der Waals surface area contributed by atoms with Crippen molar-refractivity contribution >= 4 is 34.5 Å². The highest BCUT2D eigenvalue weighted by molar-refractivity contribution is 6.03. The first-order valence-corrected chi connectivity index (χ1v) is 15.8. The largest absolute Gasteiger partial charge is 0.486 e. The zero-order chi connectivity index (χ0) is 34.7. The molecule has 11 nitrogen and oxygen atoms in total. The lowest BCUT2D eigenvalue weighted by Gasteiger charge is -2.32. The second kappa shape index (κ2) is 13.5. The van der Waals surface area contributed by atoms with Gasteiger partial charge in [-0.1, -0.05) is 42.5 Å². The molecule has 0 fully saturated rings. The number of anilines is 1. The molecule has 0 unspecified atom stereocenters. The lowest BCUT2D eigenvalue weighted by Crippen LogP contribution is -2.58. The zero-order valence-corrected chi connectivity index (χ0v) is 27.9. The van der Waals surface area contributed by atoms with Gasteiger partial charge in [-0.3, -0.25) is 19.1 Å². The standard InChI is InChI=1S/C37H38N6O5/c1-7-41(36(46)48-37(4,5)6)23(2)34(44)40-33-24(3)47-32-19-13-12-18-30(32)42(35(33)45)22-27-26-15-9-11-17-29(26)43(31(27)21-39)28-16-10-8-14-25(28)20-38/h8-19,23-24,33H,7,22H2,1-6H3,(H,40,44)/t23-,24-,33-/m0/s1. The van der Waals surface area contributed by atoms with E-state index in [1.54, 1.807) is 94.6 Å². The van der Waals surface area contributed by atoms with Crippen LogP contribution in [-0.2, 0) is 20.9 Å². The fraction of sp³-hybridized carbons (Fsp3) is 0.324. The minimum Gasteiger partial charge on any atom is -0.486 e. The summed E-state index contributed by atoms with van der Waals surface area (Å²) in [4.78, 5) is 43.9. The molecule has 0 bridgehead atoms. The van der Waals surface area contributed by atoms with Gasteiger partial charge in [0.25, 0.3) is 5.91 Å². The molecule has 1 aromatic heterocycles. The Balaban J connectivity index is 1.56. The van der Waals surface area contributed by atoms with E-state index in [0.717, 1.165) is 5.39 Å². The molecule has 3 aromatic carbocycles. The predicted octanol–water partition coefficient (Wildman–Crippen LogP) is 5.82. The van der Waals surface area contributed by atoms with E-state index in [9.17, 15) is 24.9 Å². The molecule has 2 heterocycles. The number of likely N-dealkylation sites (N-methyl/N-ethyl adjacent to an activating group) is 1. The van der Waals surface area contributed by atoms with Gasteiger partial charge >= 0.3 is 6.09 Å². The number of nitriles is 2. The van der Waals surface area contributed by atoms with Crippen LogP contribution in [-0.4, -0.2) is 57.7 Å². The monoisotopic (exact) mass is 646 g/mol. The first-order chi connectivity index (χ1) is 22.9. The molecular weight excluding hydrogens is 608 g/mol. The number of amides is 3. The van der Waals surface area contributed by atoms with Crippen LogP contribution in [0, 0.1) is 22.7 Å². The maximum Gasteiger partial charge on any atom is 0.410 e. The van der Waals surface area contributed by atoms with Gasteiger partial charge in [0, 0.05) is 17.5 Å². The number of para-hydroxylation sites is 4. The molecule has 48 heavy (non-hydrogen) atoms. The lowest BCUT2D eigenvalue weighted by atomic mass is 10.1. The van der Waals surface area contributed by atoms with E-state index in [2.05, 4.69) is 17.5 Å². The summed E-state index contributed by atoms with van der Waals surface area (Å²) in [5.41, 5.74) is 2.20. The van der Waals surface area contributed by atoms with Crippen LogP contribution in [0.3, 0.4) is 0 Å². The molecule has 11 heteroatoms. The van der Waals surface area contributed by atoms with Crippen molar-refractivity contribution in [3.63, 3.8) is 0 Å². The molecule has 3 amide bonds. The van der Waals surface area contributed by atoms with E-state index in [1.165, 1.54) is 9.80 Å². The quantitative estimate of drug-likeness (QED) is 0.267. The summed E-state index contributed by atoms with van der Waals surface area (Å²) in [6.45, 7) is 10.4. The van der Waals surface area contributed by atoms with Gasteiger partial charge < -0.3 is 19.7 Å². The maximum absolute atomic E-state index is 14.5. The molecule has 0 aliphatic carbocycles. The van der Waals surface area contributed by atoms with Crippen molar-refractivity contribution in [1.82, 2.24) is 14.8 Å². The van der Waals surface area contributed by atoms with Crippen LogP contribution in [0.2, 0.25) is 0 Å². The molecule has 0 saturated carbocycles. The van der Waals surface area contributed by atoms with Crippen molar-refractivity contribution < 1.29 is 23.9 Å². The highest BCUT2D eigenvalue weighted by Gasteiger charge is 2.40. The van der Waals surface area contributed by atoms with Gasteiger partial charge in [0.1, 0.15) is 47.4 Å². The average molecular weight is 647 g/mol. The number of nitrogens with zero attached hydrogens (tertiary/aromatic N) is 5. The zero-order valence-electron chi connectivity index (χ0n) is 27.9. The number of benzene rings is 3. The second-order valence-corrected chi connectivity index (χ2v) is 12.6. The number of carbonyl (C=O) groups is 3. The molecule has 1 aliphatic rings. The van der Waals surface area contributed by atoms with E-state index >= 15 is 0 Å². The molecule has 3 atom stereocenters. The van der Waals surface area contributed by atoms with E-state index in [1.807, 2.05) is 24.3 Å². The molecular formula is C37H38N6O5. The average Bonchev–Trinajstić information content (AvgIpc) is 3.33. The molecule has 5 rings (SSSR count). The van der Waals surface area contributed by atoms with Gasteiger partial charge in [0.05, 0.1) is 29.0 Å². The van der Waals surface area contributed by atoms with E-state index < -0.39 is 41.7 Å². The smallest absolute Gasteiger partial charge is 0.410 e. The summed E-state index contributed by atoms with van der Waals surface area (Å²) in [5, 5.41) is 24.0.